The van der Waals surface area contributed by atoms with Crippen molar-refractivity contribution in [3.8, 4) is 0 Å². The number of rotatable bonds is 6. The third-order valence-electron chi connectivity index (χ3n) is 5.11. The van der Waals surface area contributed by atoms with Gasteiger partial charge in [-0.3, -0.25) is 4.79 Å². The van der Waals surface area contributed by atoms with Gasteiger partial charge in [-0.15, -0.1) is 0 Å². The van der Waals surface area contributed by atoms with Gasteiger partial charge in [0.05, 0.1) is 25.0 Å². The van der Waals surface area contributed by atoms with Crippen LogP contribution in [0.15, 0.2) is 6.20 Å². The molecule has 1 aromatic heterocycles. The van der Waals surface area contributed by atoms with E-state index in [4.69, 9.17) is 9.84 Å². The molecule has 0 aromatic carbocycles. The van der Waals surface area contributed by atoms with Gasteiger partial charge in [0.25, 0.3) is 5.91 Å². The molecule has 1 aliphatic carbocycles. The quantitative estimate of drug-likeness (QED) is 0.833. The monoisotopic (exact) mass is 321 g/mol. The van der Waals surface area contributed by atoms with Crippen LogP contribution in [0, 0.1) is 5.92 Å². The molecule has 23 heavy (non-hydrogen) atoms. The number of fused-ring (bicyclic) bond motifs is 1. The third kappa shape index (κ3) is 3.58. The van der Waals surface area contributed by atoms with E-state index in [-0.39, 0.29) is 18.1 Å². The number of amides is 1. The Balaban J connectivity index is 1.64. The minimum atomic E-state index is -0.309. The van der Waals surface area contributed by atoms with Crippen LogP contribution < -0.4 is 5.32 Å². The topological polar surface area (TPSA) is 76.4 Å². The van der Waals surface area contributed by atoms with Gasteiger partial charge in [0.15, 0.2) is 0 Å². The first-order valence-corrected chi connectivity index (χ1v) is 8.71. The van der Waals surface area contributed by atoms with Crippen LogP contribution in [0.25, 0.3) is 0 Å². The Morgan fingerprint density at radius 2 is 2.30 bits per heavy atom. The molecular formula is C17H27N3O3. The van der Waals surface area contributed by atoms with Gasteiger partial charge in [-0.2, -0.15) is 0 Å². The first kappa shape index (κ1) is 16.5. The molecule has 1 fully saturated rings. The van der Waals surface area contributed by atoms with Crippen molar-refractivity contribution in [1.82, 2.24) is 14.9 Å². The van der Waals surface area contributed by atoms with E-state index in [1.54, 1.807) is 6.20 Å². The lowest BCUT2D eigenvalue weighted by Crippen LogP contribution is -2.44. The van der Waals surface area contributed by atoms with Crippen molar-refractivity contribution in [1.29, 1.82) is 0 Å². The van der Waals surface area contributed by atoms with E-state index in [2.05, 4.69) is 21.8 Å². The van der Waals surface area contributed by atoms with Gasteiger partial charge in [-0.1, -0.05) is 19.8 Å². The summed E-state index contributed by atoms with van der Waals surface area (Å²) in [5.41, 5.74) is 0.345. The van der Waals surface area contributed by atoms with Crippen LogP contribution in [0.3, 0.4) is 0 Å². The lowest BCUT2D eigenvalue weighted by atomic mass is 10.0. The van der Waals surface area contributed by atoms with Gasteiger partial charge in [-0.05, 0) is 25.2 Å². The third-order valence-corrected chi connectivity index (χ3v) is 5.11. The van der Waals surface area contributed by atoms with Crippen LogP contribution in [0.2, 0.25) is 0 Å². The van der Waals surface area contributed by atoms with Crippen molar-refractivity contribution in [3.05, 3.63) is 17.7 Å². The Morgan fingerprint density at radius 1 is 1.52 bits per heavy atom. The molecule has 0 bridgehead atoms. The highest BCUT2D eigenvalue weighted by Crippen LogP contribution is 2.32. The summed E-state index contributed by atoms with van der Waals surface area (Å²) >= 11 is 0. The lowest BCUT2D eigenvalue weighted by molar-refractivity contribution is -0.0511. The fourth-order valence-corrected chi connectivity index (χ4v) is 3.76. The maximum absolute atomic E-state index is 12.6. The summed E-state index contributed by atoms with van der Waals surface area (Å²) in [6.07, 6.45) is 7.87. The maximum atomic E-state index is 12.6. The number of aryl methyl sites for hydroxylation is 1. The van der Waals surface area contributed by atoms with E-state index in [1.165, 1.54) is 0 Å². The molecule has 0 radical (unpaired) electrons. The smallest absolute Gasteiger partial charge is 0.269 e. The van der Waals surface area contributed by atoms with E-state index in [1.807, 2.05) is 0 Å². The van der Waals surface area contributed by atoms with Crippen LogP contribution >= 0.6 is 0 Å². The van der Waals surface area contributed by atoms with Gasteiger partial charge in [0, 0.05) is 19.5 Å². The zero-order valence-electron chi connectivity index (χ0n) is 13.9. The van der Waals surface area contributed by atoms with E-state index < -0.39 is 0 Å². The minimum absolute atomic E-state index is 0.0176. The van der Waals surface area contributed by atoms with Crippen LogP contribution in [-0.2, 0) is 17.7 Å². The molecule has 1 saturated carbocycles. The zero-order valence-corrected chi connectivity index (χ0v) is 13.9. The Labute approximate surface area is 137 Å². The molecule has 2 aliphatic rings. The Hall–Kier alpha value is -1.40. The fraction of sp³-hybridized carbons (Fsp3) is 0.765. The Kier molecular flexibility index (Phi) is 5.02. The normalized spacial score (nSPS) is 22.8. The summed E-state index contributed by atoms with van der Waals surface area (Å²) in [6, 6.07) is 0. The van der Waals surface area contributed by atoms with Crippen molar-refractivity contribution in [2.45, 2.75) is 57.6 Å². The van der Waals surface area contributed by atoms with Crippen molar-refractivity contribution >= 4 is 5.91 Å². The molecule has 1 unspecified atom stereocenters. The van der Waals surface area contributed by atoms with E-state index in [0.29, 0.717) is 24.8 Å². The molecule has 2 N–H and O–H groups in total. The highest BCUT2D eigenvalue weighted by Gasteiger charge is 2.35. The van der Waals surface area contributed by atoms with E-state index >= 15 is 0 Å². The predicted octanol–water partition coefficient (Wildman–Crippen LogP) is 1.52. The number of aromatic nitrogens is 2. The Bertz CT molecular complexity index is 549. The molecule has 1 aromatic rings. The number of nitrogens with one attached hydrogen (secondary N) is 1. The number of ether oxygens (including phenoxy) is 1. The van der Waals surface area contributed by atoms with Crippen molar-refractivity contribution in [2.24, 2.45) is 5.92 Å². The summed E-state index contributed by atoms with van der Waals surface area (Å²) in [7, 11) is 0. The molecule has 1 aliphatic heterocycles. The number of hydrogen-bond donors (Lipinski definition) is 2. The van der Waals surface area contributed by atoms with Gasteiger partial charge in [-0.25, -0.2) is 4.98 Å². The summed E-state index contributed by atoms with van der Waals surface area (Å²) in [4.78, 5) is 17.0. The number of hydrogen-bond acceptors (Lipinski definition) is 4. The largest absolute Gasteiger partial charge is 0.394 e. The molecule has 2 heterocycles. The number of aliphatic hydroxyl groups excluding tert-OH is 1. The summed E-state index contributed by atoms with van der Waals surface area (Å²) in [5.74, 6) is 1.52. The molecule has 0 spiro atoms. The predicted molar refractivity (Wildman–Crippen MR) is 86.3 cm³/mol. The van der Waals surface area contributed by atoms with Crippen molar-refractivity contribution in [3.63, 3.8) is 0 Å². The Morgan fingerprint density at radius 3 is 3.04 bits per heavy atom. The van der Waals surface area contributed by atoms with Gasteiger partial charge < -0.3 is 19.7 Å². The van der Waals surface area contributed by atoms with E-state index in [9.17, 15) is 4.79 Å². The SMILES string of the molecule is CC1CCc2ncc(C(=O)NCC3(OCCO)CCCC3)n2C1. The average molecular weight is 321 g/mol. The molecule has 0 saturated heterocycles. The number of carbonyl (C=O) groups is 1. The van der Waals surface area contributed by atoms with E-state index in [0.717, 1.165) is 50.9 Å². The second kappa shape index (κ2) is 7.01. The molecule has 6 heteroatoms. The van der Waals surface area contributed by atoms with Crippen molar-refractivity contribution < 1.29 is 14.6 Å². The van der Waals surface area contributed by atoms with Gasteiger partial charge >= 0.3 is 0 Å². The van der Waals surface area contributed by atoms with Gasteiger partial charge in [0.2, 0.25) is 0 Å². The van der Waals surface area contributed by atoms with Crippen LogP contribution in [0.1, 0.15) is 55.3 Å². The van der Waals surface area contributed by atoms with Crippen LogP contribution in [-0.4, -0.2) is 45.9 Å². The number of imidazole rings is 1. The van der Waals surface area contributed by atoms with Crippen LogP contribution in [0.4, 0.5) is 0 Å². The number of aliphatic hydroxyl groups is 1. The minimum Gasteiger partial charge on any atom is -0.394 e. The molecule has 1 amide bonds. The zero-order chi connectivity index (χ0) is 16.3. The van der Waals surface area contributed by atoms with Crippen molar-refractivity contribution in [2.75, 3.05) is 19.8 Å². The highest BCUT2D eigenvalue weighted by molar-refractivity contribution is 5.92. The van der Waals surface area contributed by atoms with Gasteiger partial charge in [0.1, 0.15) is 11.5 Å². The number of carbonyl (C=O) groups excluding carboxylic acids is 1. The average Bonchev–Trinajstić information content (AvgIpc) is 3.18. The maximum Gasteiger partial charge on any atom is 0.269 e. The first-order valence-electron chi connectivity index (χ1n) is 8.71. The van der Waals surface area contributed by atoms with Crippen LogP contribution in [0.5, 0.6) is 0 Å². The highest BCUT2D eigenvalue weighted by atomic mass is 16.5. The fourth-order valence-electron chi connectivity index (χ4n) is 3.76. The molecule has 1 atom stereocenters. The standard InChI is InChI=1S/C17H27N3O3/c1-13-4-5-15-18-10-14(20(15)11-13)16(22)19-12-17(23-9-8-21)6-2-3-7-17/h10,13,21H,2-9,11-12H2,1H3,(H,19,22). The summed E-state index contributed by atoms with van der Waals surface area (Å²) in [5, 5.41) is 12.0. The second-order valence-electron chi connectivity index (χ2n) is 6.96. The number of nitrogens with zero attached hydrogens (tertiary/aromatic N) is 2. The summed E-state index contributed by atoms with van der Waals surface area (Å²) < 4.78 is 7.91. The molecule has 3 rings (SSSR count). The first-order chi connectivity index (χ1) is 11.1. The molecular weight excluding hydrogens is 294 g/mol. The second-order valence-corrected chi connectivity index (χ2v) is 6.96. The lowest BCUT2D eigenvalue weighted by Gasteiger charge is -2.29. The molecule has 128 valence electrons. The molecule has 6 nitrogen and oxygen atoms in total. The summed E-state index contributed by atoms with van der Waals surface area (Å²) in [6.45, 7) is 3.92.